The molecule has 2 atom stereocenters. The number of rotatable bonds is 10. The number of esters is 1. The molecular weight excluding hydrogens is 477 g/mol. The Morgan fingerprint density at radius 3 is 2.55 bits per heavy atom. The zero-order chi connectivity index (χ0) is 23.4. The van der Waals surface area contributed by atoms with Crippen molar-refractivity contribution in [2.45, 2.75) is 50.9 Å². The predicted molar refractivity (Wildman–Crippen MR) is 119 cm³/mol. The van der Waals surface area contributed by atoms with E-state index in [1.807, 2.05) is 0 Å². The summed E-state index contributed by atoms with van der Waals surface area (Å²) < 4.78 is 42.1. The van der Waals surface area contributed by atoms with Crippen molar-refractivity contribution in [3.63, 3.8) is 0 Å². The van der Waals surface area contributed by atoms with Gasteiger partial charge in [-0.15, -0.1) is 0 Å². The maximum Gasteiger partial charge on any atom is 0.387 e. The molecule has 0 spiro atoms. The molecule has 1 unspecified atom stereocenters. The molecule has 0 bridgehead atoms. The average Bonchev–Trinajstić information content (AvgIpc) is 3.44. The molecular formula is C23H24Cl2F2N2O4. The van der Waals surface area contributed by atoms with Gasteiger partial charge in [0.1, 0.15) is 12.1 Å². The van der Waals surface area contributed by atoms with E-state index in [0.29, 0.717) is 40.1 Å². The van der Waals surface area contributed by atoms with Crippen LogP contribution in [0, 0.1) is 5.92 Å². The van der Waals surface area contributed by atoms with Gasteiger partial charge in [-0.2, -0.15) is 8.78 Å². The molecule has 1 aromatic heterocycles. The van der Waals surface area contributed by atoms with Gasteiger partial charge in [0.25, 0.3) is 0 Å². The number of aromatic nitrogens is 1. The molecule has 2 aromatic rings. The summed E-state index contributed by atoms with van der Waals surface area (Å²) in [5, 5.41) is 3.79. The molecule has 1 saturated heterocycles. The van der Waals surface area contributed by atoms with Gasteiger partial charge in [-0.25, -0.2) is 0 Å². The summed E-state index contributed by atoms with van der Waals surface area (Å²) >= 11 is 12.6. The Morgan fingerprint density at radius 2 is 1.91 bits per heavy atom. The number of ether oxygens (including phenoxy) is 3. The molecule has 1 aliphatic heterocycles. The summed E-state index contributed by atoms with van der Waals surface area (Å²) in [5.41, 5.74) is 1.12. The van der Waals surface area contributed by atoms with Gasteiger partial charge in [-0.3, -0.25) is 9.78 Å². The minimum Gasteiger partial charge on any atom is -0.489 e. The van der Waals surface area contributed by atoms with Crippen LogP contribution in [-0.4, -0.2) is 36.8 Å². The van der Waals surface area contributed by atoms with Gasteiger partial charge >= 0.3 is 12.6 Å². The van der Waals surface area contributed by atoms with Crippen LogP contribution in [0.3, 0.4) is 0 Å². The fourth-order valence-corrected chi connectivity index (χ4v) is 4.20. The molecule has 33 heavy (non-hydrogen) atoms. The summed E-state index contributed by atoms with van der Waals surface area (Å²) in [6.45, 7) is -1.84. The van der Waals surface area contributed by atoms with Crippen LogP contribution in [0.15, 0.2) is 30.6 Å². The van der Waals surface area contributed by atoms with E-state index in [1.54, 1.807) is 12.1 Å². The monoisotopic (exact) mass is 500 g/mol. The van der Waals surface area contributed by atoms with E-state index in [9.17, 15) is 13.6 Å². The number of carbonyl (C=O) groups is 1. The van der Waals surface area contributed by atoms with E-state index in [0.717, 1.165) is 25.8 Å². The van der Waals surface area contributed by atoms with Gasteiger partial charge < -0.3 is 19.5 Å². The van der Waals surface area contributed by atoms with Gasteiger partial charge in [-0.05, 0) is 61.4 Å². The molecule has 4 rings (SSSR count). The molecule has 178 valence electrons. The third-order valence-electron chi connectivity index (χ3n) is 5.67. The number of hydrogen-bond donors (Lipinski definition) is 1. The van der Waals surface area contributed by atoms with E-state index in [2.05, 4.69) is 15.0 Å². The Labute approximate surface area is 200 Å². The van der Waals surface area contributed by atoms with Crippen molar-refractivity contribution in [3.8, 4) is 11.5 Å². The van der Waals surface area contributed by atoms with Gasteiger partial charge in [0.2, 0.25) is 0 Å². The topological polar surface area (TPSA) is 69.7 Å². The summed E-state index contributed by atoms with van der Waals surface area (Å²) in [4.78, 5) is 16.8. The maximum absolute atomic E-state index is 12.9. The standard InChI is InChI=1S/C23H24Cl2F2N2O4/c24-16-10-28-11-17(25)15(16)9-20(32-22(30)18-2-1-7-29-18)14-5-6-19(33-23(26)27)21(8-14)31-12-13-3-4-13/h5-6,8,10-11,13,18,20,23,29H,1-4,7,9,12H2/t18-,20?/m0/s1. The molecule has 0 amide bonds. The number of alkyl halides is 2. The number of pyridine rings is 1. The third-order valence-corrected chi connectivity index (χ3v) is 6.32. The van der Waals surface area contributed by atoms with Crippen molar-refractivity contribution in [1.29, 1.82) is 0 Å². The smallest absolute Gasteiger partial charge is 0.387 e. The first-order valence-corrected chi connectivity index (χ1v) is 11.6. The van der Waals surface area contributed by atoms with Crippen molar-refractivity contribution in [1.82, 2.24) is 10.3 Å². The molecule has 2 fully saturated rings. The number of nitrogens with zero attached hydrogens (tertiary/aromatic N) is 1. The summed E-state index contributed by atoms with van der Waals surface area (Å²) in [7, 11) is 0. The molecule has 6 nitrogen and oxygen atoms in total. The SMILES string of the molecule is O=C(OC(Cc1c(Cl)cncc1Cl)c1ccc(OC(F)F)c(OCC2CC2)c1)[C@@H]1CCCN1. The maximum atomic E-state index is 12.9. The Hall–Kier alpha value is -2.16. The van der Waals surface area contributed by atoms with Crippen LogP contribution >= 0.6 is 23.2 Å². The van der Waals surface area contributed by atoms with Crippen LogP contribution in [0.4, 0.5) is 8.78 Å². The number of halogens is 4. The Balaban J connectivity index is 1.63. The first-order chi connectivity index (χ1) is 15.9. The zero-order valence-electron chi connectivity index (χ0n) is 17.7. The molecule has 1 aliphatic carbocycles. The fourth-order valence-electron chi connectivity index (χ4n) is 3.68. The van der Waals surface area contributed by atoms with E-state index >= 15 is 0 Å². The van der Waals surface area contributed by atoms with Crippen LogP contribution < -0.4 is 14.8 Å². The Bertz CT molecular complexity index is 965. The van der Waals surface area contributed by atoms with Crippen LogP contribution in [0.25, 0.3) is 0 Å². The van der Waals surface area contributed by atoms with Crippen molar-refractivity contribution >= 4 is 29.2 Å². The van der Waals surface area contributed by atoms with Crippen molar-refractivity contribution in [3.05, 3.63) is 51.8 Å². The van der Waals surface area contributed by atoms with Crippen molar-refractivity contribution in [2.75, 3.05) is 13.2 Å². The third kappa shape index (κ3) is 6.46. The lowest BCUT2D eigenvalue weighted by Gasteiger charge is -2.23. The van der Waals surface area contributed by atoms with Gasteiger partial charge in [-0.1, -0.05) is 29.3 Å². The average molecular weight is 501 g/mol. The molecule has 2 heterocycles. The van der Waals surface area contributed by atoms with E-state index in [-0.39, 0.29) is 17.9 Å². The van der Waals surface area contributed by atoms with Crippen molar-refractivity contribution in [2.24, 2.45) is 5.92 Å². The van der Waals surface area contributed by atoms with E-state index < -0.39 is 24.7 Å². The lowest BCUT2D eigenvalue weighted by atomic mass is 10.0. The summed E-state index contributed by atoms with van der Waals surface area (Å²) in [6.07, 6.45) is 5.96. The largest absolute Gasteiger partial charge is 0.489 e. The zero-order valence-corrected chi connectivity index (χ0v) is 19.2. The normalized spacial score (nSPS) is 18.9. The lowest BCUT2D eigenvalue weighted by molar-refractivity contribution is -0.151. The van der Waals surface area contributed by atoms with Crippen molar-refractivity contribution < 1.29 is 27.8 Å². The molecule has 1 N–H and O–H groups in total. The number of carbonyl (C=O) groups excluding carboxylic acids is 1. The molecule has 0 radical (unpaired) electrons. The number of benzene rings is 1. The summed E-state index contributed by atoms with van der Waals surface area (Å²) in [5.74, 6) is 0.111. The Kier molecular flexibility index (Phi) is 7.88. The van der Waals surface area contributed by atoms with Gasteiger partial charge in [0.15, 0.2) is 11.5 Å². The lowest BCUT2D eigenvalue weighted by Crippen LogP contribution is -2.33. The molecule has 10 heteroatoms. The summed E-state index contributed by atoms with van der Waals surface area (Å²) in [6, 6.07) is 4.14. The highest BCUT2D eigenvalue weighted by atomic mass is 35.5. The van der Waals surface area contributed by atoms with E-state index in [1.165, 1.54) is 18.5 Å². The second-order valence-corrected chi connectivity index (χ2v) is 9.01. The van der Waals surface area contributed by atoms with Crippen LogP contribution in [0.5, 0.6) is 11.5 Å². The van der Waals surface area contributed by atoms with Gasteiger partial charge in [0.05, 0.1) is 16.7 Å². The first-order valence-electron chi connectivity index (χ1n) is 10.8. The van der Waals surface area contributed by atoms with Crippen LogP contribution in [-0.2, 0) is 16.0 Å². The molecule has 1 saturated carbocycles. The first kappa shape index (κ1) is 24.0. The fraction of sp³-hybridized carbons (Fsp3) is 0.478. The highest BCUT2D eigenvalue weighted by Crippen LogP contribution is 2.38. The quantitative estimate of drug-likeness (QED) is 0.443. The van der Waals surface area contributed by atoms with Gasteiger partial charge in [0, 0.05) is 18.8 Å². The Morgan fingerprint density at radius 1 is 1.15 bits per heavy atom. The number of nitrogens with one attached hydrogen (secondary N) is 1. The highest BCUT2D eigenvalue weighted by Gasteiger charge is 2.29. The predicted octanol–water partition coefficient (Wildman–Crippen LogP) is 5.36. The number of hydrogen-bond acceptors (Lipinski definition) is 6. The minimum atomic E-state index is -2.99. The van der Waals surface area contributed by atoms with Crippen LogP contribution in [0.1, 0.15) is 42.9 Å². The van der Waals surface area contributed by atoms with Crippen LogP contribution in [0.2, 0.25) is 10.0 Å². The molecule has 2 aliphatic rings. The second kappa shape index (κ2) is 10.8. The molecule has 1 aromatic carbocycles. The highest BCUT2D eigenvalue weighted by molar-refractivity contribution is 6.35. The second-order valence-electron chi connectivity index (χ2n) is 8.20. The minimum absolute atomic E-state index is 0.0723. The van der Waals surface area contributed by atoms with E-state index in [4.69, 9.17) is 32.7 Å².